The van der Waals surface area contributed by atoms with E-state index in [9.17, 15) is 4.79 Å². The number of nitrogens with zero attached hydrogens (tertiary/aromatic N) is 6. The van der Waals surface area contributed by atoms with Gasteiger partial charge in [0.2, 0.25) is 0 Å². The van der Waals surface area contributed by atoms with Crippen LogP contribution in [0.25, 0.3) is 27.8 Å². The molecule has 0 bridgehead atoms. The summed E-state index contributed by atoms with van der Waals surface area (Å²) in [7, 11) is 2.08. The minimum absolute atomic E-state index is 0.0383. The van der Waals surface area contributed by atoms with Crippen molar-refractivity contribution in [2.45, 2.75) is 0 Å². The molecule has 0 spiro atoms. The van der Waals surface area contributed by atoms with Crippen LogP contribution in [0.2, 0.25) is 0 Å². The Hall–Kier alpha value is -3.26. The number of pyridine rings is 2. The van der Waals surface area contributed by atoms with Gasteiger partial charge in [-0.1, -0.05) is 0 Å². The molecule has 1 aliphatic rings. The van der Waals surface area contributed by atoms with Gasteiger partial charge in [-0.25, -0.2) is 14.5 Å². The number of carbonyl (C=O) groups is 1. The van der Waals surface area contributed by atoms with Crippen LogP contribution in [-0.2, 0) is 0 Å². The molecule has 136 valence electrons. The summed E-state index contributed by atoms with van der Waals surface area (Å²) in [6, 6.07) is 5.86. The lowest BCUT2D eigenvalue weighted by atomic mass is 10.1. The van der Waals surface area contributed by atoms with Crippen molar-refractivity contribution in [2.75, 3.05) is 33.2 Å². The summed E-state index contributed by atoms with van der Waals surface area (Å²) in [6.45, 7) is 3.29. The zero-order chi connectivity index (χ0) is 18.4. The third-order valence-electron chi connectivity index (χ3n) is 5.15. The van der Waals surface area contributed by atoms with Crippen LogP contribution in [-0.4, -0.2) is 73.5 Å². The molecule has 1 N–H and O–H groups in total. The van der Waals surface area contributed by atoms with Crippen LogP contribution < -0.4 is 0 Å². The van der Waals surface area contributed by atoms with Crippen molar-refractivity contribution in [3.63, 3.8) is 0 Å². The lowest BCUT2D eigenvalue weighted by molar-refractivity contribution is 0.0664. The number of aromatic amines is 1. The highest BCUT2D eigenvalue weighted by molar-refractivity contribution is 6.01. The lowest BCUT2D eigenvalue weighted by Crippen LogP contribution is -2.47. The van der Waals surface area contributed by atoms with Crippen LogP contribution in [0.4, 0.5) is 0 Å². The molecule has 0 radical (unpaired) electrons. The summed E-state index contributed by atoms with van der Waals surface area (Å²) in [5, 5.41) is 5.12. The lowest BCUT2D eigenvalue weighted by Gasteiger charge is -2.32. The van der Waals surface area contributed by atoms with Gasteiger partial charge < -0.3 is 14.8 Å². The number of fused-ring (bicyclic) bond motifs is 2. The zero-order valence-corrected chi connectivity index (χ0v) is 15.0. The molecule has 0 saturated carbocycles. The predicted molar refractivity (Wildman–Crippen MR) is 101 cm³/mol. The Morgan fingerprint density at radius 1 is 1.15 bits per heavy atom. The smallest absolute Gasteiger partial charge is 0.255 e. The summed E-state index contributed by atoms with van der Waals surface area (Å²) < 4.78 is 1.74. The summed E-state index contributed by atoms with van der Waals surface area (Å²) in [4.78, 5) is 28.9. The van der Waals surface area contributed by atoms with E-state index in [0.29, 0.717) is 5.56 Å². The Labute approximate surface area is 155 Å². The van der Waals surface area contributed by atoms with Crippen LogP contribution in [0.3, 0.4) is 0 Å². The van der Waals surface area contributed by atoms with Crippen molar-refractivity contribution in [1.82, 2.24) is 34.4 Å². The van der Waals surface area contributed by atoms with Crippen molar-refractivity contribution >= 4 is 22.6 Å². The maximum atomic E-state index is 12.9. The minimum atomic E-state index is 0.0383. The molecule has 0 aliphatic carbocycles. The number of rotatable bonds is 2. The second kappa shape index (κ2) is 6.17. The topological polar surface area (TPSA) is 82.4 Å². The fourth-order valence-corrected chi connectivity index (χ4v) is 3.53. The zero-order valence-electron chi connectivity index (χ0n) is 15.0. The third-order valence-corrected chi connectivity index (χ3v) is 5.15. The summed E-state index contributed by atoms with van der Waals surface area (Å²) in [5.41, 5.74) is 4.16. The van der Waals surface area contributed by atoms with Crippen LogP contribution in [0.1, 0.15) is 10.4 Å². The monoisotopic (exact) mass is 361 g/mol. The molecule has 5 heterocycles. The first kappa shape index (κ1) is 16.0. The van der Waals surface area contributed by atoms with E-state index in [2.05, 4.69) is 32.0 Å². The SMILES string of the molecule is CN1CCN(C(=O)c2cnc3[nH]cc(-c4ccc5ncnn5c4)c3c2)CC1. The summed E-state index contributed by atoms with van der Waals surface area (Å²) >= 11 is 0. The predicted octanol–water partition coefficient (Wildman–Crippen LogP) is 1.66. The van der Waals surface area contributed by atoms with E-state index in [1.807, 2.05) is 35.5 Å². The standard InChI is InChI=1S/C19H19N7O/c1-24-4-6-25(7-5-24)19(27)14-8-15-16(10-21-18(15)20-9-14)13-2-3-17-22-12-23-26(17)11-13/h2-3,8-12H,4-7H2,1H3,(H,20,21). The van der Waals surface area contributed by atoms with Gasteiger partial charge in [-0.05, 0) is 25.2 Å². The van der Waals surface area contributed by atoms with E-state index in [0.717, 1.165) is 54.0 Å². The van der Waals surface area contributed by atoms with Gasteiger partial charge in [0, 0.05) is 61.3 Å². The van der Waals surface area contributed by atoms with E-state index >= 15 is 0 Å². The molecule has 1 amide bonds. The maximum absolute atomic E-state index is 12.9. The van der Waals surface area contributed by atoms with Crippen molar-refractivity contribution < 1.29 is 4.79 Å². The highest BCUT2D eigenvalue weighted by Crippen LogP contribution is 2.28. The second-order valence-corrected chi connectivity index (χ2v) is 6.90. The van der Waals surface area contributed by atoms with Gasteiger partial charge in [0.25, 0.3) is 5.91 Å². The number of H-pyrrole nitrogens is 1. The number of carbonyl (C=O) groups excluding carboxylic acids is 1. The average molecular weight is 361 g/mol. The molecule has 8 nitrogen and oxygen atoms in total. The molecule has 4 aromatic heterocycles. The van der Waals surface area contributed by atoms with Crippen LogP contribution in [0.15, 0.2) is 43.1 Å². The molecule has 5 rings (SSSR count). The first-order valence-corrected chi connectivity index (χ1v) is 8.94. The van der Waals surface area contributed by atoms with E-state index in [-0.39, 0.29) is 5.91 Å². The van der Waals surface area contributed by atoms with Gasteiger partial charge in [-0.2, -0.15) is 5.10 Å². The summed E-state index contributed by atoms with van der Waals surface area (Å²) in [5.74, 6) is 0.0383. The van der Waals surface area contributed by atoms with Gasteiger partial charge in [-0.15, -0.1) is 0 Å². The van der Waals surface area contributed by atoms with Gasteiger partial charge in [0.1, 0.15) is 12.0 Å². The van der Waals surface area contributed by atoms with E-state index in [1.165, 1.54) is 6.33 Å². The molecule has 0 unspecified atom stereocenters. The number of hydrogen-bond acceptors (Lipinski definition) is 5. The first-order chi connectivity index (χ1) is 13.2. The molecular weight excluding hydrogens is 342 g/mol. The Morgan fingerprint density at radius 3 is 2.85 bits per heavy atom. The van der Waals surface area contributed by atoms with Crippen LogP contribution in [0.5, 0.6) is 0 Å². The number of hydrogen-bond donors (Lipinski definition) is 1. The van der Waals surface area contributed by atoms with Crippen LogP contribution >= 0.6 is 0 Å². The number of piperazine rings is 1. The fraction of sp³-hybridized carbons (Fsp3) is 0.263. The molecule has 1 aliphatic heterocycles. The molecule has 8 heteroatoms. The molecule has 0 atom stereocenters. The van der Waals surface area contributed by atoms with Crippen molar-refractivity contribution in [2.24, 2.45) is 0 Å². The molecular formula is C19H19N7O. The van der Waals surface area contributed by atoms with Crippen molar-refractivity contribution in [3.05, 3.63) is 48.7 Å². The molecule has 0 aromatic carbocycles. The minimum Gasteiger partial charge on any atom is -0.346 e. The van der Waals surface area contributed by atoms with Gasteiger partial charge in [0.15, 0.2) is 5.65 Å². The fourth-order valence-electron chi connectivity index (χ4n) is 3.53. The molecule has 27 heavy (non-hydrogen) atoms. The normalized spacial score (nSPS) is 15.7. The van der Waals surface area contributed by atoms with Gasteiger partial charge in [0.05, 0.1) is 5.56 Å². The van der Waals surface area contributed by atoms with Crippen molar-refractivity contribution in [3.8, 4) is 11.1 Å². The van der Waals surface area contributed by atoms with E-state index < -0.39 is 0 Å². The second-order valence-electron chi connectivity index (χ2n) is 6.90. The Kier molecular flexibility index (Phi) is 3.64. The largest absolute Gasteiger partial charge is 0.346 e. The number of amides is 1. The molecule has 1 saturated heterocycles. The van der Waals surface area contributed by atoms with Gasteiger partial charge in [-0.3, -0.25) is 4.79 Å². The number of likely N-dealkylation sites (N-methyl/N-ethyl adjacent to an activating group) is 1. The van der Waals surface area contributed by atoms with E-state index in [1.54, 1.807) is 10.7 Å². The van der Waals surface area contributed by atoms with Gasteiger partial charge >= 0.3 is 0 Å². The Bertz CT molecular complexity index is 1140. The number of nitrogens with one attached hydrogen (secondary N) is 1. The van der Waals surface area contributed by atoms with E-state index in [4.69, 9.17) is 0 Å². The quantitative estimate of drug-likeness (QED) is 0.587. The maximum Gasteiger partial charge on any atom is 0.255 e. The third kappa shape index (κ3) is 2.74. The Morgan fingerprint density at radius 2 is 2.00 bits per heavy atom. The van der Waals surface area contributed by atoms with Crippen molar-refractivity contribution in [1.29, 1.82) is 0 Å². The molecule has 4 aromatic rings. The Balaban J connectivity index is 1.53. The molecule has 1 fully saturated rings. The first-order valence-electron chi connectivity index (χ1n) is 8.94. The summed E-state index contributed by atoms with van der Waals surface area (Å²) in [6.07, 6.45) is 7.03. The number of aromatic nitrogens is 5. The highest BCUT2D eigenvalue weighted by Gasteiger charge is 2.21. The highest BCUT2D eigenvalue weighted by atomic mass is 16.2. The van der Waals surface area contributed by atoms with Crippen LogP contribution in [0, 0.1) is 0 Å². The average Bonchev–Trinajstić information content (AvgIpc) is 3.33.